The second-order valence-corrected chi connectivity index (χ2v) is 6.94. The highest BCUT2D eigenvalue weighted by atomic mass is 16.5. The Balaban J connectivity index is 1.77. The summed E-state index contributed by atoms with van der Waals surface area (Å²) in [4.78, 5) is 6.92. The van der Waals surface area contributed by atoms with E-state index in [0.29, 0.717) is 18.4 Å². The fourth-order valence-corrected chi connectivity index (χ4v) is 3.44. The average Bonchev–Trinajstić information content (AvgIpc) is 3.23. The first-order valence-electron chi connectivity index (χ1n) is 8.88. The van der Waals surface area contributed by atoms with Gasteiger partial charge in [-0.3, -0.25) is 4.90 Å². The summed E-state index contributed by atoms with van der Waals surface area (Å²) in [6.45, 7) is 5.98. The van der Waals surface area contributed by atoms with E-state index in [2.05, 4.69) is 35.0 Å². The lowest BCUT2D eigenvalue weighted by molar-refractivity contribution is 0.208. The Hall–Kier alpha value is -2.08. The molecule has 0 amide bonds. The molecule has 0 saturated carbocycles. The van der Waals surface area contributed by atoms with Gasteiger partial charge in [0.05, 0.1) is 20.8 Å². The molecule has 0 radical (unpaired) electrons. The molecule has 0 spiro atoms. The number of hydrogen-bond acceptors (Lipinski definition) is 6. The lowest BCUT2D eigenvalue weighted by atomic mass is 10.0. The molecule has 6 heteroatoms. The largest absolute Gasteiger partial charge is 0.497 e. The summed E-state index contributed by atoms with van der Waals surface area (Å²) in [6, 6.07) is 6.24. The average molecular weight is 345 g/mol. The van der Waals surface area contributed by atoms with Crippen LogP contribution in [0.3, 0.4) is 0 Å². The van der Waals surface area contributed by atoms with Crippen LogP contribution >= 0.6 is 0 Å². The minimum atomic E-state index is 0.269. The Morgan fingerprint density at radius 1 is 1.28 bits per heavy atom. The maximum Gasteiger partial charge on any atom is 0.240 e. The van der Waals surface area contributed by atoms with Crippen LogP contribution in [-0.4, -0.2) is 35.8 Å². The van der Waals surface area contributed by atoms with Crippen LogP contribution in [0.25, 0.3) is 0 Å². The van der Waals surface area contributed by atoms with E-state index in [4.69, 9.17) is 14.0 Å². The molecule has 6 nitrogen and oxygen atoms in total. The maximum absolute atomic E-state index is 5.57. The third-order valence-electron chi connectivity index (χ3n) is 4.60. The van der Waals surface area contributed by atoms with Gasteiger partial charge in [0, 0.05) is 18.0 Å². The van der Waals surface area contributed by atoms with E-state index < -0.39 is 0 Å². The number of methoxy groups -OCH3 is 2. The van der Waals surface area contributed by atoms with Crippen LogP contribution in [0.1, 0.15) is 50.0 Å². The number of rotatable bonds is 7. The molecule has 2 heterocycles. The molecule has 0 N–H and O–H groups in total. The predicted molar refractivity (Wildman–Crippen MR) is 94.8 cm³/mol. The van der Waals surface area contributed by atoms with E-state index in [1.165, 1.54) is 0 Å². The zero-order chi connectivity index (χ0) is 17.8. The van der Waals surface area contributed by atoms with Crippen molar-refractivity contribution in [2.45, 2.75) is 45.7 Å². The molecule has 1 aromatic carbocycles. The van der Waals surface area contributed by atoms with Gasteiger partial charge < -0.3 is 14.0 Å². The summed E-state index contributed by atoms with van der Waals surface area (Å²) in [5, 5.41) is 4.10. The van der Waals surface area contributed by atoms with Crippen LogP contribution in [0, 0.1) is 5.92 Å². The van der Waals surface area contributed by atoms with E-state index in [1.54, 1.807) is 14.2 Å². The van der Waals surface area contributed by atoms with Crippen LogP contribution in [0.5, 0.6) is 11.5 Å². The van der Waals surface area contributed by atoms with Crippen molar-refractivity contribution in [1.82, 2.24) is 15.0 Å². The number of likely N-dealkylation sites (tertiary alicyclic amines) is 1. The Bertz CT molecular complexity index is 699. The zero-order valence-corrected chi connectivity index (χ0v) is 15.5. The Kier molecular flexibility index (Phi) is 5.58. The van der Waals surface area contributed by atoms with E-state index in [9.17, 15) is 0 Å². The van der Waals surface area contributed by atoms with Gasteiger partial charge in [-0.15, -0.1) is 0 Å². The van der Waals surface area contributed by atoms with Crippen molar-refractivity contribution in [3.63, 3.8) is 0 Å². The third kappa shape index (κ3) is 4.12. The van der Waals surface area contributed by atoms with Gasteiger partial charge in [0.15, 0.2) is 5.82 Å². The number of ether oxygens (including phenoxy) is 2. The Morgan fingerprint density at radius 3 is 2.84 bits per heavy atom. The number of benzene rings is 1. The zero-order valence-electron chi connectivity index (χ0n) is 15.5. The van der Waals surface area contributed by atoms with E-state index in [-0.39, 0.29) is 6.04 Å². The minimum Gasteiger partial charge on any atom is -0.497 e. The molecular weight excluding hydrogens is 318 g/mol. The van der Waals surface area contributed by atoms with Gasteiger partial charge in [-0.2, -0.15) is 4.98 Å². The van der Waals surface area contributed by atoms with Gasteiger partial charge in [-0.1, -0.05) is 19.0 Å². The molecule has 1 aliphatic heterocycles. The SMILES string of the molecule is COc1ccc(OC)c(C2CCCN2Cc2nc(CC(C)C)no2)c1. The number of hydrogen-bond donors (Lipinski definition) is 0. The maximum atomic E-state index is 5.57. The molecule has 1 saturated heterocycles. The fourth-order valence-electron chi connectivity index (χ4n) is 3.44. The summed E-state index contributed by atoms with van der Waals surface area (Å²) in [6.07, 6.45) is 3.06. The second kappa shape index (κ2) is 7.87. The van der Waals surface area contributed by atoms with Gasteiger partial charge in [0.25, 0.3) is 0 Å². The molecule has 2 aromatic rings. The third-order valence-corrected chi connectivity index (χ3v) is 4.60. The molecule has 25 heavy (non-hydrogen) atoms. The molecule has 3 rings (SSSR count). The summed E-state index contributed by atoms with van der Waals surface area (Å²) in [7, 11) is 3.40. The van der Waals surface area contributed by atoms with Crippen molar-refractivity contribution in [2.75, 3.05) is 20.8 Å². The monoisotopic (exact) mass is 345 g/mol. The molecule has 1 unspecified atom stereocenters. The molecule has 1 aliphatic rings. The van der Waals surface area contributed by atoms with Crippen molar-refractivity contribution in [3.8, 4) is 11.5 Å². The Labute approximate surface area is 149 Å². The van der Waals surface area contributed by atoms with E-state index in [0.717, 1.165) is 48.7 Å². The molecule has 0 bridgehead atoms. The molecule has 136 valence electrons. The van der Waals surface area contributed by atoms with Crippen molar-refractivity contribution in [1.29, 1.82) is 0 Å². The first kappa shape index (κ1) is 17.7. The quantitative estimate of drug-likeness (QED) is 0.764. The summed E-state index contributed by atoms with van der Waals surface area (Å²) < 4.78 is 16.4. The molecule has 1 fully saturated rings. The van der Waals surface area contributed by atoms with Crippen LogP contribution in [-0.2, 0) is 13.0 Å². The summed E-state index contributed by atoms with van der Waals surface area (Å²) in [5.74, 6) is 3.73. The van der Waals surface area contributed by atoms with Crippen LogP contribution in [0.15, 0.2) is 22.7 Å². The normalized spacial score (nSPS) is 18.0. The van der Waals surface area contributed by atoms with Crippen LogP contribution in [0.2, 0.25) is 0 Å². The van der Waals surface area contributed by atoms with E-state index >= 15 is 0 Å². The van der Waals surface area contributed by atoms with Crippen LogP contribution < -0.4 is 9.47 Å². The standard InChI is InChI=1S/C19H27N3O3/c1-13(2)10-18-20-19(25-21-18)12-22-9-5-6-16(22)15-11-14(23-3)7-8-17(15)24-4/h7-8,11,13,16H,5-6,9-10,12H2,1-4H3. The summed E-state index contributed by atoms with van der Waals surface area (Å²) in [5.41, 5.74) is 1.15. The highest BCUT2D eigenvalue weighted by molar-refractivity contribution is 5.42. The first-order chi connectivity index (χ1) is 12.1. The van der Waals surface area contributed by atoms with Crippen molar-refractivity contribution >= 4 is 0 Å². The van der Waals surface area contributed by atoms with Gasteiger partial charge >= 0.3 is 0 Å². The van der Waals surface area contributed by atoms with Crippen molar-refractivity contribution in [2.24, 2.45) is 5.92 Å². The predicted octanol–water partition coefficient (Wildman–Crippen LogP) is 3.62. The van der Waals surface area contributed by atoms with E-state index in [1.807, 2.05) is 12.1 Å². The van der Waals surface area contributed by atoms with Gasteiger partial charge in [0.1, 0.15) is 11.5 Å². The lowest BCUT2D eigenvalue weighted by Crippen LogP contribution is -2.23. The highest BCUT2D eigenvalue weighted by Gasteiger charge is 2.30. The van der Waals surface area contributed by atoms with Gasteiger partial charge in [-0.25, -0.2) is 0 Å². The topological polar surface area (TPSA) is 60.6 Å². The summed E-state index contributed by atoms with van der Waals surface area (Å²) >= 11 is 0. The van der Waals surface area contributed by atoms with Gasteiger partial charge in [0.2, 0.25) is 5.89 Å². The van der Waals surface area contributed by atoms with Crippen molar-refractivity contribution < 1.29 is 14.0 Å². The second-order valence-electron chi connectivity index (χ2n) is 6.94. The first-order valence-corrected chi connectivity index (χ1v) is 8.88. The van der Waals surface area contributed by atoms with Crippen LogP contribution in [0.4, 0.5) is 0 Å². The molecular formula is C19H27N3O3. The lowest BCUT2D eigenvalue weighted by Gasteiger charge is -2.25. The Morgan fingerprint density at radius 2 is 2.12 bits per heavy atom. The number of nitrogens with zero attached hydrogens (tertiary/aromatic N) is 3. The molecule has 1 aromatic heterocycles. The molecule has 0 aliphatic carbocycles. The van der Waals surface area contributed by atoms with Gasteiger partial charge in [-0.05, 0) is 43.5 Å². The highest BCUT2D eigenvalue weighted by Crippen LogP contribution is 2.39. The van der Waals surface area contributed by atoms with Crippen molar-refractivity contribution in [3.05, 3.63) is 35.5 Å². The molecule has 1 atom stereocenters. The minimum absolute atomic E-state index is 0.269. The smallest absolute Gasteiger partial charge is 0.240 e. The fraction of sp³-hybridized carbons (Fsp3) is 0.579. The number of aromatic nitrogens is 2.